The molecule has 0 saturated heterocycles. The first kappa shape index (κ1) is 12.2. The molecule has 0 aromatic carbocycles. The number of aliphatic hydroxyl groups excluding tert-OH is 1. The zero-order chi connectivity index (χ0) is 11.4. The highest BCUT2D eigenvalue weighted by atomic mass is 35.5. The lowest BCUT2D eigenvalue weighted by Gasteiger charge is -2.10. The first-order valence-electron chi connectivity index (χ1n) is 4.95. The minimum Gasteiger partial charge on any atom is -0.392 e. The van der Waals surface area contributed by atoms with Crippen LogP contribution in [0.3, 0.4) is 0 Å². The number of aliphatic hydroxyl groups is 1. The first-order valence-corrected chi connectivity index (χ1v) is 5.33. The minimum absolute atomic E-state index is 0.232. The van der Waals surface area contributed by atoms with Crippen LogP contribution in [0.4, 0.5) is 5.82 Å². The number of nitrogens with one attached hydrogen (secondary N) is 1. The molecule has 5 heteroatoms. The van der Waals surface area contributed by atoms with Crippen LogP contribution in [0.2, 0.25) is 5.15 Å². The summed E-state index contributed by atoms with van der Waals surface area (Å²) in [6.45, 7) is 6.16. The average Bonchev–Trinajstić information content (AvgIpc) is 2.13. The summed E-state index contributed by atoms with van der Waals surface area (Å²) in [6.07, 6.45) is -0.416. The van der Waals surface area contributed by atoms with E-state index in [1.807, 2.05) is 13.8 Å². The minimum atomic E-state index is -0.416. The van der Waals surface area contributed by atoms with Crippen molar-refractivity contribution >= 4 is 17.4 Å². The molecule has 0 aliphatic carbocycles. The Labute approximate surface area is 94.7 Å². The summed E-state index contributed by atoms with van der Waals surface area (Å²) >= 11 is 5.86. The average molecular weight is 230 g/mol. The number of hydrogen-bond acceptors (Lipinski definition) is 4. The standard InChI is InChI=1S/C10H16ClN3O/c1-6(2)10-13-8(11)4-9(14-10)12-5-7(3)15/h4,6-7,15H,5H2,1-3H3,(H,12,13,14). The van der Waals surface area contributed by atoms with Crippen molar-refractivity contribution in [1.82, 2.24) is 9.97 Å². The maximum atomic E-state index is 9.12. The molecule has 0 amide bonds. The molecular formula is C10H16ClN3O. The highest BCUT2D eigenvalue weighted by molar-refractivity contribution is 6.29. The molecule has 0 bridgehead atoms. The van der Waals surface area contributed by atoms with Crippen LogP contribution < -0.4 is 5.32 Å². The largest absolute Gasteiger partial charge is 0.392 e. The van der Waals surface area contributed by atoms with Crippen LogP contribution in [0, 0.1) is 0 Å². The number of nitrogens with zero attached hydrogens (tertiary/aromatic N) is 2. The third-order valence-electron chi connectivity index (χ3n) is 1.81. The van der Waals surface area contributed by atoms with Gasteiger partial charge in [-0.3, -0.25) is 0 Å². The zero-order valence-corrected chi connectivity index (χ0v) is 9.91. The van der Waals surface area contributed by atoms with Crippen molar-refractivity contribution in [2.24, 2.45) is 0 Å². The van der Waals surface area contributed by atoms with Crippen molar-refractivity contribution in [3.05, 3.63) is 17.0 Å². The van der Waals surface area contributed by atoms with Gasteiger partial charge >= 0.3 is 0 Å². The van der Waals surface area contributed by atoms with Gasteiger partial charge in [-0.05, 0) is 6.92 Å². The van der Waals surface area contributed by atoms with Gasteiger partial charge in [-0.2, -0.15) is 0 Å². The summed E-state index contributed by atoms with van der Waals surface area (Å²) in [4.78, 5) is 8.40. The van der Waals surface area contributed by atoms with E-state index in [4.69, 9.17) is 16.7 Å². The molecule has 2 N–H and O–H groups in total. The van der Waals surface area contributed by atoms with E-state index in [1.165, 1.54) is 0 Å². The van der Waals surface area contributed by atoms with E-state index in [0.29, 0.717) is 23.3 Å². The van der Waals surface area contributed by atoms with Gasteiger partial charge in [0.2, 0.25) is 0 Å². The van der Waals surface area contributed by atoms with E-state index in [9.17, 15) is 0 Å². The van der Waals surface area contributed by atoms with E-state index in [0.717, 1.165) is 0 Å². The molecule has 15 heavy (non-hydrogen) atoms. The van der Waals surface area contributed by atoms with Crippen LogP contribution in [-0.2, 0) is 0 Å². The third kappa shape index (κ3) is 4.01. The highest BCUT2D eigenvalue weighted by Gasteiger charge is 2.07. The maximum Gasteiger partial charge on any atom is 0.135 e. The molecule has 1 aromatic heterocycles. The number of rotatable bonds is 4. The summed E-state index contributed by atoms with van der Waals surface area (Å²) in [6, 6.07) is 1.65. The van der Waals surface area contributed by atoms with Crippen molar-refractivity contribution in [3.8, 4) is 0 Å². The number of aromatic nitrogens is 2. The van der Waals surface area contributed by atoms with Gasteiger partial charge in [-0.25, -0.2) is 9.97 Å². The predicted molar refractivity (Wildman–Crippen MR) is 61.3 cm³/mol. The Morgan fingerprint density at radius 1 is 1.40 bits per heavy atom. The van der Waals surface area contributed by atoms with E-state index >= 15 is 0 Å². The molecule has 4 nitrogen and oxygen atoms in total. The Kier molecular flexibility index (Phi) is 4.29. The van der Waals surface area contributed by atoms with Gasteiger partial charge in [0.15, 0.2) is 0 Å². The molecule has 1 unspecified atom stereocenters. The van der Waals surface area contributed by atoms with Gasteiger partial charge in [0.25, 0.3) is 0 Å². The van der Waals surface area contributed by atoms with E-state index < -0.39 is 6.10 Å². The van der Waals surface area contributed by atoms with Crippen molar-refractivity contribution in [2.75, 3.05) is 11.9 Å². The summed E-state index contributed by atoms with van der Waals surface area (Å²) < 4.78 is 0. The smallest absolute Gasteiger partial charge is 0.135 e. The monoisotopic (exact) mass is 229 g/mol. The quantitative estimate of drug-likeness (QED) is 0.776. The van der Waals surface area contributed by atoms with E-state index in [2.05, 4.69) is 15.3 Å². The van der Waals surface area contributed by atoms with Crippen molar-refractivity contribution < 1.29 is 5.11 Å². The number of hydrogen-bond donors (Lipinski definition) is 2. The SMILES string of the molecule is CC(O)CNc1cc(Cl)nc(C(C)C)n1. The molecular weight excluding hydrogens is 214 g/mol. The summed E-state index contributed by atoms with van der Waals surface area (Å²) in [7, 11) is 0. The fourth-order valence-corrected chi connectivity index (χ4v) is 1.23. The van der Waals surface area contributed by atoms with Crippen LogP contribution in [0.15, 0.2) is 6.07 Å². The van der Waals surface area contributed by atoms with E-state index in [-0.39, 0.29) is 5.92 Å². The molecule has 1 heterocycles. The molecule has 0 aliphatic rings. The van der Waals surface area contributed by atoms with Gasteiger partial charge in [0.05, 0.1) is 6.10 Å². The summed E-state index contributed by atoms with van der Waals surface area (Å²) in [5.41, 5.74) is 0. The van der Waals surface area contributed by atoms with Crippen LogP contribution in [0.5, 0.6) is 0 Å². The fraction of sp³-hybridized carbons (Fsp3) is 0.600. The van der Waals surface area contributed by atoms with E-state index in [1.54, 1.807) is 13.0 Å². The van der Waals surface area contributed by atoms with Gasteiger partial charge in [-0.1, -0.05) is 25.4 Å². The Morgan fingerprint density at radius 2 is 2.07 bits per heavy atom. The van der Waals surface area contributed by atoms with Gasteiger partial charge in [0, 0.05) is 18.5 Å². The van der Waals surface area contributed by atoms with Crippen LogP contribution >= 0.6 is 11.6 Å². The number of halogens is 1. The second-order valence-electron chi connectivity index (χ2n) is 3.82. The van der Waals surface area contributed by atoms with Crippen LogP contribution in [0.1, 0.15) is 32.5 Å². The lowest BCUT2D eigenvalue weighted by molar-refractivity contribution is 0.208. The zero-order valence-electron chi connectivity index (χ0n) is 9.16. The molecule has 1 rings (SSSR count). The van der Waals surface area contributed by atoms with Crippen molar-refractivity contribution in [2.45, 2.75) is 32.8 Å². The lowest BCUT2D eigenvalue weighted by Crippen LogP contribution is -2.16. The molecule has 84 valence electrons. The lowest BCUT2D eigenvalue weighted by atomic mass is 10.2. The highest BCUT2D eigenvalue weighted by Crippen LogP contribution is 2.16. The van der Waals surface area contributed by atoms with Crippen LogP contribution in [0.25, 0.3) is 0 Å². The first-order chi connectivity index (χ1) is 6.99. The van der Waals surface area contributed by atoms with Crippen molar-refractivity contribution in [1.29, 1.82) is 0 Å². The third-order valence-corrected chi connectivity index (χ3v) is 2.00. The molecule has 0 fully saturated rings. The molecule has 0 spiro atoms. The van der Waals surface area contributed by atoms with Crippen molar-refractivity contribution in [3.63, 3.8) is 0 Å². The van der Waals surface area contributed by atoms with Crippen LogP contribution in [-0.4, -0.2) is 27.7 Å². The Hall–Kier alpha value is -0.870. The Bertz CT molecular complexity index is 328. The molecule has 0 aliphatic heterocycles. The molecule has 0 saturated carbocycles. The number of anilines is 1. The predicted octanol–water partition coefficient (Wildman–Crippen LogP) is 2.05. The second-order valence-corrected chi connectivity index (χ2v) is 4.21. The molecule has 1 aromatic rings. The second kappa shape index (κ2) is 5.28. The Morgan fingerprint density at radius 3 is 2.60 bits per heavy atom. The molecule has 0 radical (unpaired) electrons. The topological polar surface area (TPSA) is 58.0 Å². The molecule has 1 atom stereocenters. The van der Waals surface area contributed by atoms with Gasteiger partial charge < -0.3 is 10.4 Å². The fourth-order valence-electron chi connectivity index (χ4n) is 1.04. The van der Waals surface area contributed by atoms with Gasteiger partial charge in [0.1, 0.15) is 16.8 Å². The summed E-state index contributed by atoms with van der Waals surface area (Å²) in [5, 5.41) is 12.5. The summed E-state index contributed by atoms with van der Waals surface area (Å²) in [5.74, 6) is 1.59. The normalized spacial score (nSPS) is 12.9. The maximum absolute atomic E-state index is 9.12. The van der Waals surface area contributed by atoms with Gasteiger partial charge in [-0.15, -0.1) is 0 Å². The Balaban J connectivity index is 2.79.